The molecule has 132 valence electrons. The van der Waals surface area contributed by atoms with Crippen molar-refractivity contribution in [1.29, 1.82) is 0 Å². The first-order valence-electron chi connectivity index (χ1n) is 9.10. The predicted molar refractivity (Wildman–Crippen MR) is 97.0 cm³/mol. The fourth-order valence-corrected chi connectivity index (χ4v) is 3.94. The first-order chi connectivity index (χ1) is 12.7. The standard InChI is InChI=1S/C21H20N2O3/c1-14-6-7-16-15(12-14)4-2-10-23(16)20(24)21(8-9-21)19-13-18(26-22-19)17-5-3-11-25-17/h3,5-7,11-13H,2,4,8-10H2,1H3. The summed E-state index contributed by atoms with van der Waals surface area (Å²) in [5.74, 6) is 1.34. The molecule has 0 N–H and O–H groups in total. The molecule has 2 aliphatic rings. The van der Waals surface area contributed by atoms with Gasteiger partial charge in [0.15, 0.2) is 5.76 Å². The van der Waals surface area contributed by atoms with E-state index < -0.39 is 5.41 Å². The highest BCUT2D eigenvalue weighted by Crippen LogP contribution is 2.51. The third kappa shape index (κ3) is 2.30. The summed E-state index contributed by atoms with van der Waals surface area (Å²) in [5, 5.41) is 4.21. The van der Waals surface area contributed by atoms with Gasteiger partial charge in [0.25, 0.3) is 0 Å². The quantitative estimate of drug-likeness (QED) is 0.710. The average Bonchev–Trinajstić information content (AvgIpc) is 3.08. The van der Waals surface area contributed by atoms with Crippen LogP contribution in [-0.2, 0) is 16.6 Å². The van der Waals surface area contributed by atoms with E-state index in [2.05, 4.69) is 30.3 Å². The van der Waals surface area contributed by atoms with Crippen LogP contribution in [0.2, 0.25) is 0 Å². The van der Waals surface area contributed by atoms with Gasteiger partial charge < -0.3 is 13.8 Å². The van der Waals surface area contributed by atoms with Crippen LogP contribution in [-0.4, -0.2) is 17.6 Å². The number of carbonyl (C=O) groups is 1. The van der Waals surface area contributed by atoms with Crippen molar-refractivity contribution in [1.82, 2.24) is 5.16 Å². The maximum absolute atomic E-state index is 13.4. The molecule has 0 saturated heterocycles. The number of amides is 1. The molecule has 5 heteroatoms. The van der Waals surface area contributed by atoms with Crippen LogP contribution in [0.15, 0.2) is 51.6 Å². The Morgan fingerprint density at radius 2 is 2.08 bits per heavy atom. The largest absolute Gasteiger partial charge is 0.461 e. The highest BCUT2D eigenvalue weighted by Gasteiger charge is 2.56. The molecule has 5 nitrogen and oxygen atoms in total. The molecule has 1 saturated carbocycles. The number of furan rings is 1. The Kier molecular flexibility index (Phi) is 3.32. The third-order valence-electron chi connectivity index (χ3n) is 5.52. The van der Waals surface area contributed by atoms with Crippen LogP contribution in [0.5, 0.6) is 0 Å². The van der Waals surface area contributed by atoms with Gasteiger partial charge in [-0.2, -0.15) is 0 Å². The van der Waals surface area contributed by atoms with Crippen LogP contribution >= 0.6 is 0 Å². The fraction of sp³-hybridized carbons (Fsp3) is 0.333. The molecule has 1 aliphatic heterocycles. The summed E-state index contributed by atoms with van der Waals surface area (Å²) in [6.07, 6.45) is 5.25. The monoisotopic (exact) mass is 348 g/mol. The molecule has 0 bridgehead atoms. The summed E-state index contributed by atoms with van der Waals surface area (Å²) in [4.78, 5) is 15.4. The van der Waals surface area contributed by atoms with Gasteiger partial charge in [0.05, 0.1) is 17.4 Å². The summed E-state index contributed by atoms with van der Waals surface area (Å²) >= 11 is 0. The van der Waals surface area contributed by atoms with Gasteiger partial charge in [-0.25, -0.2) is 0 Å². The van der Waals surface area contributed by atoms with Crippen molar-refractivity contribution in [3.05, 3.63) is 59.5 Å². The van der Waals surface area contributed by atoms with E-state index in [1.165, 1.54) is 11.1 Å². The van der Waals surface area contributed by atoms with E-state index in [-0.39, 0.29) is 5.91 Å². The van der Waals surface area contributed by atoms with E-state index in [0.29, 0.717) is 17.2 Å². The molecule has 1 aliphatic carbocycles. The lowest BCUT2D eigenvalue weighted by Crippen LogP contribution is -2.42. The number of rotatable bonds is 3. The van der Waals surface area contributed by atoms with E-state index in [1.807, 2.05) is 23.1 Å². The second-order valence-corrected chi connectivity index (χ2v) is 7.33. The smallest absolute Gasteiger partial charge is 0.239 e. The van der Waals surface area contributed by atoms with Crippen molar-refractivity contribution < 1.29 is 13.7 Å². The molecule has 1 fully saturated rings. The molecule has 3 heterocycles. The van der Waals surface area contributed by atoms with Gasteiger partial charge in [-0.05, 0) is 56.4 Å². The normalized spacial score (nSPS) is 17.8. The zero-order chi connectivity index (χ0) is 17.7. The van der Waals surface area contributed by atoms with E-state index in [1.54, 1.807) is 6.26 Å². The molecule has 0 unspecified atom stereocenters. The molecular weight excluding hydrogens is 328 g/mol. The number of anilines is 1. The molecule has 1 aromatic carbocycles. The molecule has 26 heavy (non-hydrogen) atoms. The summed E-state index contributed by atoms with van der Waals surface area (Å²) in [6.45, 7) is 2.86. The van der Waals surface area contributed by atoms with E-state index in [4.69, 9.17) is 8.94 Å². The van der Waals surface area contributed by atoms with E-state index >= 15 is 0 Å². The number of aryl methyl sites for hydroxylation is 2. The minimum Gasteiger partial charge on any atom is -0.461 e. The van der Waals surface area contributed by atoms with Gasteiger partial charge in [-0.15, -0.1) is 0 Å². The lowest BCUT2D eigenvalue weighted by molar-refractivity contribution is -0.121. The van der Waals surface area contributed by atoms with Crippen LogP contribution in [0.4, 0.5) is 5.69 Å². The molecule has 5 rings (SSSR count). The second kappa shape index (κ2) is 5.59. The topological polar surface area (TPSA) is 59.5 Å². The van der Waals surface area contributed by atoms with E-state index in [9.17, 15) is 4.79 Å². The molecule has 1 amide bonds. The van der Waals surface area contributed by atoms with Gasteiger partial charge in [0.1, 0.15) is 0 Å². The number of fused-ring (bicyclic) bond motifs is 1. The summed E-state index contributed by atoms with van der Waals surface area (Å²) in [7, 11) is 0. The number of nitrogens with zero attached hydrogens (tertiary/aromatic N) is 2. The SMILES string of the molecule is Cc1ccc2c(c1)CCCN2C(=O)C1(c2cc(-c3ccco3)on2)CC1. The highest BCUT2D eigenvalue weighted by atomic mass is 16.5. The van der Waals surface area contributed by atoms with Crippen molar-refractivity contribution in [3.63, 3.8) is 0 Å². The van der Waals surface area contributed by atoms with Crippen LogP contribution in [0.3, 0.4) is 0 Å². The lowest BCUT2D eigenvalue weighted by atomic mass is 9.95. The first-order valence-corrected chi connectivity index (χ1v) is 9.10. The average molecular weight is 348 g/mol. The summed E-state index contributed by atoms with van der Waals surface area (Å²) < 4.78 is 10.8. The maximum Gasteiger partial charge on any atom is 0.239 e. The Morgan fingerprint density at radius 1 is 1.19 bits per heavy atom. The predicted octanol–water partition coefficient (Wildman–Crippen LogP) is 4.25. The minimum atomic E-state index is -0.548. The zero-order valence-electron chi connectivity index (χ0n) is 14.7. The number of hydrogen-bond acceptors (Lipinski definition) is 4. The Balaban J connectivity index is 1.48. The zero-order valence-corrected chi connectivity index (χ0v) is 14.7. The van der Waals surface area contributed by atoms with Crippen LogP contribution in [0, 0.1) is 6.92 Å². The molecule has 0 radical (unpaired) electrons. The van der Waals surface area contributed by atoms with Crippen molar-refractivity contribution >= 4 is 11.6 Å². The molecular formula is C21H20N2O3. The Morgan fingerprint density at radius 3 is 2.85 bits per heavy atom. The summed E-state index contributed by atoms with van der Waals surface area (Å²) in [5.41, 5.74) is 3.71. The number of benzene rings is 1. The molecule has 2 aromatic heterocycles. The lowest BCUT2D eigenvalue weighted by Gasteiger charge is -2.32. The van der Waals surface area contributed by atoms with Crippen LogP contribution in [0.25, 0.3) is 11.5 Å². The second-order valence-electron chi connectivity index (χ2n) is 7.33. The van der Waals surface area contributed by atoms with Crippen molar-refractivity contribution in [2.45, 2.75) is 38.0 Å². The van der Waals surface area contributed by atoms with E-state index in [0.717, 1.165) is 37.9 Å². The molecule has 0 atom stereocenters. The third-order valence-corrected chi connectivity index (χ3v) is 5.52. The minimum absolute atomic E-state index is 0.140. The van der Waals surface area contributed by atoms with Gasteiger partial charge in [0.2, 0.25) is 11.7 Å². The Bertz CT molecular complexity index is 967. The Labute approximate surface area is 151 Å². The fourth-order valence-electron chi connectivity index (χ4n) is 3.94. The highest BCUT2D eigenvalue weighted by molar-refractivity contribution is 6.03. The Hall–Kier alpha value is -2.82. The molecule has 0 spiro atoms. The molecule has 3 aromatic rings. The van der Waals surface area contributed by atoms with Gasteiger partial charge in [-0.3, -0.25) is 4.79 Å². The van der Waals surface area contributed by atoms with Gasteiger partial charge in [-0.1, -0.05) is 22.9 Å². The van der Waals surface area contributed by atoms with Crippen molar-refractivity contribution in [3.8, 4) is 11.5 Å². The van der Waals surface area contributed by atoms with Crippen molar-refractivity contribution in [2.75, 3.05) is 11.4 Å². The maximum atomic E-state index is 13.4. The number of carbonyl (C=O) groups excluding carboxylic acids is 1. The van der Waals surface area contributed by atoms with Crippen LogP contribution in [0.1, 0.15) is 36.1 Å². The summed E-state index contributed by atoms with van der Waals surface area (Å²) in [6, 6.07) is 11.8. The van der Waals surface area contributed by atoms with Gasteiger partial charge >= 0.3 is 0 Å². The van der Waals surface area contributed by atoms with Gasteiger partial charge in [0, 0.05) is 18.3 Å². The number of hydrogen-bond donors (Lipinski definition) is 0. The van der Waals surface area contributed by atoms with Crippen LogP contribution < -0.4 is 4.90 Å². The number of aromatic nitrogens is 1. The first kappa shape index (κ1) is 15.4. The van der Waals surface area contributed by atoms with Crippen molar-refractivity contribution in [2.24, 2.45) is 0 Å².